The third kappa shape index (κ3) is 3.07. The van der Waals surface area contributed by atoms with E-state index in [1.807, 2.05) is 18.2 Å². The van der Waals surface area contributed by atoms with Crippen LogP contribution in [0.3, 0.4) is 0 Å². The van der Waals surface area contributed by atoms with Crippen LogP contribution in [0.15, 0.2) is 30.3 Å². The van der Waals surface area contributed by atoms with Gasteiger partial charge in [-0.3, -0.25) is 4.79 Å². The SMILES string of the molecule is C[C@@H](CNC(=O)[C@@H]1C[C@@H]2CC[C@@H]1C2)N(C)c1ccccc1. The molecule has 3 heteroatoms. The molecule has 3 rings (SSSR count). The first kappa shape index (κ1) is 14.4. The first-order valence-corrected chi connectivity index (χ1v) is 8.20. The fraction of sp³-hybridized carbons (Fsp3) is 0.611. The Hall–Kier alpha value is -1.51. The number of nitrogens with one attached hydrogen (secondary N) is 1. The van der Waals surface area contributed by atoms with Crippen molar-refractivity contribution in [3.8, 4) is 0 Å². The summed E-state index contributed by atoms with van der Waals surface area (Å²) in [5.74, 6) is 2.07. The molecule has 0 aliphatic heterocycles. The molecule has 21 heavy (non-hydrogen) atoms. The summed E-state index contributed by atoms with van der Waals surface area (Å²) >= 11 is 0. The van der Waals surface area contributed by atoms with E-state index >= 15 is 0 Å². The van der Waals surface area contributed by atoms with Crippen molar-refractivity contribution >= 4 is 11.6 Å². The van der Waals surface area contributed by atoms with E-state index in [0.29, 0.717) is 12.0 Å². The van der Waals surface area contributed by atoms with Gasteiger partial charge in [0.25, 0.3) is 0 Å². The van der Waals surface area contributed by atoms with Gasteiger partial charge in [-0.25, -0.2) is 0 Å². The van der Waals surface area contributed by atoms with E-state index in [2.05, 4.69) is 36.3 Å². The molecule has 2 fully saturated rings. The van der Waals surface area contributed by atoms with E-state index in [1.54, 1.807) is 0 Å². The van der Waals surface area contributed by atoms with Crippen LogP contribution in [0.5, 0.6) is 0 Å². The molecule has 1 N–H and O–H groups in total. The van der Waals surface area contributed by atoms with Crippen LogP contribution in [0.4, 0.5) is 5.69 Å². The van der Waals surface area contributed by atoms with Gasteiger partial charge in [0.15, 0.2) is 0 Å². The summed E-state index contributed by atoms with van der Waals surface area (Å²) in [4.78, 5) is 14.6. The van der Waals surface area contributed by atoms with Crippen LogP contribution in [0, 0.1) is 17.8 Å². The van der Waals surface area contributed by atoms with Crippen LogP contribution >= 0.6 is 0 Å². The van der Waals surface area contributed by atoms with Crippen molar-refractivity contribution in [2.45, 2.75) is 38.6 Å². The third-order valence-corrected chi connectivity index (χ3v) is 5.47. The van der Waals surface area contributed by atoms with Gasteiger partial charge >= 0.3 is 0 Å². The van der Waals surface area contributed by atoms with Crippen LogP contribution < -0.4 is 10.2 Å². The van der Waals surface area contributed by atoms with Crippen molar-refractivity contribution in [3.63, 3.8) is 0 Å². The zero-order valence-corrected chi connectivity index (χ0v) is 13.1. The second-order valence-corrected chi connectivity index (χ2v) is 6.82. The molecule has 0 unspecified atom stereocenters. The molecule has 0 radical (unpaired) electrons. The highest BCUT2D eigenvalue weighted by Crippen LogP contribution is 2.48. The van der Waals surface area contributed by atoms with E-state index in [-0.39, 0.29) is 11.8 Å². The number of anilines is 1. The first-order valence-electron chi connectivity index (χ1n) is 8.20. The number of benzene rings is 1. The number of para-hydroxylation sites is 1. The van der Waals surface area contributed by atoms with Crippen molar-refractivity contribution in [2.24, 2.45) is 17.8 Å². The predicted molar refractivity (Wildman–Crippen MR) is 86.3 cm³/mol. The number of hydrogen-bond donors (Lipinski definition) is 1. The highest BCUT2D eigenvalue weighted by Gasteiger charge is 2.42. The summed E-state index contributed by atoms with van der Waals surface area (Å²) in [6.45, 7) is 2.88. The molecule has 2 saturated carbocycles. The minimum absolute atomic E-state index is 0.288. The van der Waals surface area contributed by atoms with Crippen molar-refractivity contribution in [1.82, 2.24) is 5.32 Å². The second-order valence-electron chi connectivity index (χ2n) is 6.82. The molecule has 1 aromatic carbocycles. The zero-order valence-electron chi connectivity index (χ0n) is 13.1. The van der Waals surface area contributed by atoms with Gasteiger partial charge in [0.1, 0.15) is 0 Å². The number of nitrogens with zero attached hydrogens (tertiary/aromatic N) is 1. The lowest BCUT2D eigenvalue weighted by atomic mass is 9.88. The lowest BCUT2D eigenvalue weighted by Crippen LogP contribution is -2.43. The molecule has 0 aromatic heterocycles. The van der Waals surface area contributed by atoms with Crippen molar-refractivity contribution < 1.29 is 4.79 Å². The molecule has 2 bridgehead atoms. The van der Waals surface area contributed by atoms with Crippen LogP contribution in [-0.4, -0.2) is 25.5 Å². The topological polar surface area (TPSA) is 32.3 Å². The number of carbonyl (C=O) groups excluding carboxylic acids is 1. The summed E-state index contributed by atoms with van der Waals surface area (Å²) in [6, 6.07) is 10.6. The summed E-state index contributed by atoms with van der Waals surface area (Å²) in [7, 11) is 2.09. The summed E-state index contributed by atoms with van der Waals surface area (Å²) in [5, 5.41) is 3.18. The highest BCUT2D eigenvalue weighted by molar-refractivity contribution is 5.79. The van der Waals surface area contributed by atoms with Gasteiger partial charge in [-0.05, 0) is 50.2 Å². The Morgan fingerprint density at radius 3 is 2.67 bits per heavy atom. The quantitative estimate of drug-likeness (QED) is 0.902. The maximum absolute atomic E-state index is 12.4. The number of carbonyl (C=O) groups is 1. The minimum atomic E-state index is 0.288. The van der Waals surface area contributed by atoms with Gasteiger partial charge in [0.05, 0.1) is 0 Å². The molecule has 0 heterocycles. The third-order valence-electron chi connectivity index (χ3n) is 5.47. The summed E-state index contributed by atoms with van der Waals surface area (Å²) in [6.07, 6.45) is 5.03. The van der Waals surface area contributed by atoms with E-state index in [1.165, 1.54) is 24.9 Å². The van der Waals surface area contributed by atoms with Crippen LogP contribution in [0.25, 0.3) is 0 Å². The largest absolute Gasteiger partial charge is 0.370 e. The fourth-order valence-electron chi connectivity index (χ4n) is 4.00. The number of amides is 1. The summed E-state index contributed by atoms with van der Waals surface area (Å²) < 4.78 is 0. The molecular formula is C18H26N2O. The normalized spacial score (nSPS) is 28.4. The Morgan fingerprint density at radius 1 is 1.29 bits per heavy atom. The van der Waals surface area contributed by atoms with Crippen LogP contribution in [0.2, 0.25) is 0 Å². The van der Waals surface area contributed by atoms with Gasteiger partial charge in [0, 0.05) is 31.2 Å². The Bertz CT molecular complexity index is 487. The number of likely N-dealkylation sites (N-methyl/N-ethyl adjacent to an activating group) is 1. The van der Waals surface area contributed by atoms with Gasteiger partial charge < -0.3 is 10.2 Å². The molecule has 114 valence electrons. The molecule has 2 aliphatic rings. The number of fused-ring (bicyclic) bond motifs is 2. The highest BCUT2D eigenvalue weighted by atomic mass is 16.1. The van der Waals surface area contributed by atoms with Gasteiger partial charge in [-0.1, -0.05) is 24.6 Å². The standard InChI is InChI=1S/C18H26N2O/c1-13(20(2)16-6-4-3-5-7-16)12-19-18(21)17-11-14-8-9-15(17)10-14/h3-7,13-15,17H,8-12H2,1-2H3,(H,19,21)/t13-,14+,15+,17+/m0/s1. The molecule has 1 aromatic rings. The van der Waals surface area contributed by atoms with Crippen molar-refractivity contribution in [1.29, 1.82) is 0 Å². The molecule has 3 nitrogen and oxygen atoms in total. The second kappa shape index (κ2) is 6.08. The predicted octanol–water partition coefficient (Wildman–Crippen LogP) is 3.06. The maximum atomic E-state index is 12.4. The lowest BCUT2D eigenvalue weighted by Gasteiger charge is -2.28. The van der Waals surface area contributed by atoms with Crippen LogP contribution in [-0.2, 0) is 4.79 Å². The molecule has 1 amide bonds. The average Bonchev–Trinajstić information content (AvgIpc) is 3.15. The van der Waals surface area contributed by atoms with E-state index < -0.39 is 0 Å². The molecule has 0 spiro atoms. The molecule has 4 atom stereocenters. The lowest BCUT2D eigenvalue weighted by molar-refractivity contribution is -0.126. The van der Waals surface area contributed by atoms with Gasteiger partial charge in [0.2, 0.25) is 5.91 Å². The maximum Gasteiger partial charge on any atom is 0.223 e. The van der Waals surface area contributed by atoms with E-state index in [4.69, 9.17) is 0 Å². The molecule has 0 saturated heterocycles. The molecular weight excluding hydrogens is 260 g/mol. The van der Waals surface area contributed by atoms with E-state index in [0.717, 1.165) is 18.9 Å². The van der Waals surface area contributed by atoms with Gasteiger partial charge in [-0.2, -0.15) is 0 Å². The molecule has 2 aliphatic carbocycles. The zero-order chi connectivity index (χ0) is 14.8. The Morgan fingerprint density at radius 2 is 2.05 bits per heavy atom. The van der Waals surface area contributed by atoms with E-state index in [9.17, 15) is 4.79 Å². The van der Waals surface area contributed by atoms with Crippen molar-refractivity contribution in [2.75, 3.05) is 18.5 Å². The fourth-order valence-corrected chi connectivity index (χ4v) is 4.00. The average molecular weight is 286 g/mol. The number of rotatable bonds is 5. The smallest absolute Gasteiger partial charge is 0.223 e. The minimum Gasteiger partial charge on any atom is -0.370 e. The first-order chi connectivity index (χ1) is 10.1. The summed E-state index contributed by atoms with van der Waals surface area (Å²) in [5.41, 5.74) is 1.19. The number of hydrogen-bond acceptors (Lipinski definition) is 2. The van der Waals surface area contributed by atoms with Gasteiger partial charge in [-0.15, -0.1) is 0 Å². The monoisotopic (exact) mass is 286 g/mol. The Labute approximate surface area is 127 Å². The van der Waals surface area contributed by atoms with Crippen molar-refractivity contribution in [3.05, 3.63) is 30.3 Å². The Kier molecular flexibility index (Phi) is 4.18. The Balaban J connectivity index is 1.49. The van der Waals surface area contributed by atoms with Crippen LogP contribution in [0.1, 0.15) is 32.6 Å².